The summed E-state index contributed by atoms with van der Waals surface area (Å²) < 4.78 is 5.37. The Morgan fingerprint density at radius 3 is 2.72 bits per heavy atom. The smallest absolute Gasteiger partial charge is 0.215 e. The summed E-state index contributed by atoms with van der Waals surface area (Å²) in [6.45, 7) is 4.65. The fourth-order valence-corrected chi connectivity index (χ4v) is 1.68. The largest absolute Gasteiger partial charge is 0.478 e. The molecule has 0 fully saturated rings. The van der Waals surface area contributed by atoms with E-state index < -0.39 is 0 Å². The van der Waals surface area contributed by atoms with Gasteiger partial charge in [-0.2, -0.15) is 4.98 Å². The molecule has 4 nitrogen and oxygen atoms in total. The number of nitrogens with one attached hydrogen (secondary N) is 1. The SMILES string of the molecule is CCOc1cccc(NC(C)c2ccncc2)n1. The normalized spacial score (nSPS) is 11.9. The molecule has 0 saturated carbocycles. The summed E-state index contributed by atoms with van der Waals surface area (Å²) in [5, 5.41) is 3.34. The monoisotopic (exact) mass is 243 g/mol. The van der Waals surface area contributed by atoms with Crippen molar-refractivity contribution in [3.8, 4) is 5.88 Å². The first-order chi connectivity index (χ1) is 8.79. The molecule has 0 saturated heterocycles. The van der Waals surface area contributed by atoms with Crippen LogP contribution in [-0.4, -0.2) is 16.6 Å². The Morgan fingerprint density at radius 1 is 1.22 bits per heavy atom. The van der Waals surface area contributed by atoms with Crippen molar-refractivity contribution in [1.29, 1.82) is 0 Å². The van der Waals surface area contributed by atoms with E-state index in [0.29, 0.717) is 12.5 Å². The molecule has 4 heteroatoms. The van der Waals surface area contributed by atoms with E-state index in [1.165, 1.54) is 5.56 Å². The molecule has 0 amide bonds. The van der Waals surface area contributed by atoms with E-state index in [9.17, 15) is 0 Å². The maximum Gasteiger partial charge on any atom is 0.215 e. The highest BCUT2D eigenvalue weighted by atomic mass is 16.5. The van der Waals surface area contributed by atoms with Gasteiger partial charge in [0.1, 0.15) is 5.82 Å². The van der Waals surface area contributed by atoms with Crippen molar-refractivity contribution in [2.24, 2.45) is 0 Å². The Morgan fingerprint density at radius 2 is 2.00 bits per heavy atom. The Balaban J connectivity index is 2.07. The predicted molar refractivity (Wildman–Crippen MR) is 71.7 cm³/mol. The van der Waals surface area contributed by atoms with Gasteiger partial charge in [0.2, 0.25) is 5.88 Å². The number of rotatable bonds is 5. The number of pyridine rings is 2. The number of nitrogens with zero attached hydrogens (tertiary/aromatic N) is 2. The molecule has 18 heavy (non-hydrogen) atoms. The van der Waals surface area contributed by atoms with Crippen molar-refractivity contribution >= 4 is 5.82 Å². The lowest BCUT2D eigenvalue weighted by Crippen LogP contribution is -2.08. The molecule has 94 valence electrons. The molecule has 1 unspecified atom stereocenters. The highest BCUT2D eigenvalue weighted by Gasteiger charge is 2.06. The van der Waals surface area contributed by atoms with Crippen LogP contribution in [0, 0.1) is 0 Å². The zero-order valence-corrected chi connectivity index (χ0v) is 10.6. The van der Waals surface area contributed by atoms with E-state index >= 15 is 0 Å². The minimum Gasteiger partial charge on any atom is -0.478 e. The second-order valence-electron chi connectivity index (χ2n) is 3.94. The van der Waals surface area contributed by atoms with Crippen molar-refractivity contribution in [2.75, 3.05) is 11.9 Å². The van der Waals surface area contributed by atoms with Crippen LogP contribution >= 0.6 is 0 Å². The molecule has 1 atom stereocenters. The zero-order chi connectivity index (χ0) is 12.8. The third-order valence-corrected chi connectivity index (χ3v) is 2.59. The van der Waals surface area contributed by atoms with Crippen LogP contribution in [0.4, 0.5) is 5.82 Å². The third-order valence-electron chi connectivity index (χ3n) is 2.59. The van der Waals surface area contributed by atoms with Crippen molar-refractivity contribution < 1.29 is 4.74 Å². The summed E-state index contributed by atoms with van der Waals surface area (Å²) >= 11 is 0. The van der Waals surface area contributed by atoms with E-state index in [-0.39, 0.29) is 6.04 Å². The van der Waals surface area contributed by atoms with Gasteiger partial charge < -0.3 is 10.1 Å². The van der Waals surface area contributed by atoms with Gasteiger partial charge in [-0.1, -0.05) is 6.07 Å². The number of hydrogen-bond acceptors (Lipinski definition) is 4. The molecule has 2 rings (SSSR count). The van der Waals surface area contributed by atoms with Gasteiger partial charge in [0.25, 0.3) is 0 Å². The molecule has 2 aromatic rings. The van der Waals surface area contributed by atoms with Crippen molar-refractivity contribution in [3.63, 3.8) is 0 Å². The number of aromatic nitrogens is 2. The molecule has 0 aliphatic rings. The summed E-state index contributed by atoms with van der Waals surface area (Å²) in [6, 6.07) is 9.87. The first kappa shape index (κ1) is 12.4. The minimum absolute atomic E-state index is 0.178. The molecule has 0 spiro atoms. The van der Waals surface area contributed by atoms with Gasteiger partial charge in [0, 0.05) is 18.5 Å². The lowest BCUT2D eigenvalue weighted by Gasteiger charge is -2.15. The summed E-state index contributed by atoms with van der Waals surface area (Å²) in [5.41, 5.74) is 1.17. The Hall–Kier alpha value is -2.10. The third kappa shape index (κ3) is 3.20. The van der Waals surface area contributed by atoms with Crippen LogP contribution in [0.5, 0.6) is 5.88 Å². The van der Waals surface area contributed by atoms with Crippen LogP contribution in [-0.2, 0) is 0 Å². The predicted octanol–water partition coefficient (Wildman–Crippen LogP) is 3.05. The molecule has 0 aromatic carbocycles. The second-order valence-corrected chi connectivity index (χ2v) is 3.94. The standard InChI is InChI=1S/C14H17N3O/c1-3-18-14-6-4-5-13(17-14)16-11(2)12-7-9-15-10-8-12/h4-11H,3H2,1-2H3,(H,16,17). The highest BCUT2D eigenvalue weighted by Crippen LogP contribution is 2.18. The quantitative estimate of drug-likeness (QED) is 0.876. The number of hydrogen-bond donors (Lipinski definition) is 1. The average Bonchev–Trinajstić information content (AvgIpc) is 2.40. The van der Waals surface area contributed by atoms with Crippen LogP contribution in [0.2, 0.25) is 0 Å². The van der Waals surface area contributed by atoms with Gasteiger partial charge in [-0.3, -0.25) is 4.98 Å². The first-order valence-electron chi connectivity index (χ1n) is 6.06. The van der Waals surface area contributed by atoms with Crippen molar-refractivity contribution in [1.82, 2.24) is 9.97 Å². The highest BCUT2D eigenvalue weighted by molar-refractivity contribution is 5.39. The first-order valence-corrected chi connectivity index (χ1v) is 6.06. The van der Waals surface area contributed by atoms with Gasteiger partial charge >= 0.3 is 0 Å². The molecule has 2 heterocycles. The summed E-state index contributed by atoms with van der Waals surface area (Å²) in [7, 11) is 0. The Bertz CT molecular complexity index is 487. The van der Waals surface area contributed by atoms with Gasteiger partial charge in [-0.15, -0.1) is 0 Å². The molecule has 1 N–H and O–H groups in total. The van der Waals surface area contributed by atoms with E-state index in [1.807, 2.05) is 37.3 Å². The van der Waals surface area contributed by atoms with Crippen LogP contribution in [0.15, 0.2) is 42.7 Å². The van der Waals surface area contributed by atoms with Gasteiger partial charge in [0.05, 0.1) is 12.6 Å². The molecule has 0 aliphatic heterocycles. The van der Waals surface area contributed by atoms with Gasteiger partial charge in [-0.05, 0) is 37.6 Å². The maximum atomic E-state index is 5.37. The number of anilines is 1. The summed E-state index contributed by atoms with van der Waals surface area (Å²) in [5.74, 6) is 1.45. The van der Waals surface area contributed by atoms with Crippen LogP contribution in [0.3, 0.4) is 0 Å². The zero-order valence-electron chi connectivity index (χ0n) is 10.6. The molecule has 0 bridgehead atoms. The molecule has 2 aromatic heterocycles. The topological polar surface area (TPSA) is 47.0 Å². The molecular formula is C14H17N3O. The summed E-state index contributed by atoms with van der Waals surface area (Å²) in [6.07, 6.45) is 3.58. The minimum atomic E-state index is 0.178. The average molecular weight is 243 g/mol. The Labute approximate surface area is 107 Å². The summed E-state index contributed by atoms with van der Waals surface area (Å²) in [4.78, 5) is 8.39. The number of ether oxygens (including phenoxy) is 1. The maximum absolute atomic E-state index is 5.37. The fraction of sp³-hybridized carbons (Fsp3) is 0.286. The molecule has 0 aliphatic carbocycles. The van der Waals surface area contributed by atoms with E-state index in [0.717, 1.165) is 5.82 Å². The van der Waals surface area contributed by atoms with Crippen LogP contribution in [0.25, 0.3) is 0 Å². The van der Waals surface area contributed by atoms with Gasteiger partial charge in [-0.25, -0.2) is 0 Å². The Kier molecular flexibility index (Phi) is 4.12. The van der Waals surface area contributed by atoms with E-state index in [1.54, 1.807) is 12.4 Å². The second kappa shape index (κ2) is 6.00. The molecule has 0 radical (unpaired) electrons. The molecular weight excluding hydrogens is 226 g/mol. The van der Waals surface area contributed by atoms with Crippen molar-refractivity contribution in [3.05, 3.63) is 48.3 Å². The van der Waals surface area contributed by atoms with Crippen molar-refractivity contribution in [2.45, 2.75) is 19.9 Å². The fourth-order valence-electron chi connectivity index (χ4n) is 1.68. The van der Waals surface area contributed by atoms with E-state index in [2.05, 4.69) is 22.2 Å². The van der Waals surface area contributed by atoms with Crippen LogP contribution in [0.1, 0.15) is 25.5 Å². The lowest BCUT2D eigenvalue weighted by atomic mass is 10.1. The van der Waals surface area contributed by atoms with E-state index in [4.69, 9.17) is 4.74 Å². The van der Waals surface area contributed by atoms with Crippen LogP contribution < -0.4 is 10.1 Å². The van der Waals surface area contributed by atoms with Gasteiger partial charge in [0.15, 0.2) is 0 Å². The lowest BCUT2D eigenvalue weighted by molar-refractivity contribution is 0.327.